The van der Waals surface area contributed by atoms with Crippen LogP contribution < -0.4 is 0 Å². The van der Waals surface area contributed by atoms with Gasteiger partial charge >= 0.3 is 6.09 Å². The number of carbonyl (C=O) groups is 3. The lowest BCUT2D eigenvalue weighted by Gasteiger charge is -2.42. The molecule has 0 aliphatic carbocycles. The van der Waals surface area contributed by atoms with Crippen molar-refractivity contribution in [2.75, 3.05) is 13.6 Å². The van der Waals surface area contributed by atoms with Crippen molar-refractivity contribution < 1.29 is 23.9 Å². The lowest BCUT2D eigenvalue weighted by molar-refractivity contribution is -0.145. The Balaban J connectivity index is 2.01. The van der Waals surface area contributed by atoms with Crippen molar-refractivity contribution in [3.63, 3.8) is 0 Å². The van der Waals surface area contributed by atoms with Crippen LogP contribution in [0.1, 0.15) is 20.8 Å². The maximum absolute atomic E-state index is 12.5. The Morgan fingerprint density at radius 3 is 2.74 bits per heavy atom. The lowest BCUT2D eigenvalue weighted by Crippen LogP contribution is -2.58. The molecule has 0 aromatic heterocycles. The highest BCUT2D eigenvalue weighted by Crippen LogP contribution is 2.46. The van der Waals surface area contributed by atoms with E-state index in [1.807, 2.05) is 13.0 Å². The molecule has 0 bridgehead atoms. The minimum atomic E-state index is -0.904. The normalized spacial score (nSPS) is 37.4. The Kier molecular flexibility index (Phi) is 3.68. The first-order valence-corrected chi connectivity index (χ1v) is 7.88. The van der Waals surface area contributed by atoms with Gasteiger partial charge in [0.2, 0.25) is 5.91 Å². The molecule has 126 valence electrons. The maximum Gasteiger partial charge on any atom is 0.411 e. The summed E-state index contributed by atoms with van der Waals surface area (Å²) in [5.74, 6) is -1.43. The van der Waals surface area contributed by atoms with Gasteiger partial charge in [0, 0.05) is 13.6 Å². The Morgan fingerprint density at radius 2 is 2.13 bits per heavy atom. The molecule has 0 N–H and O–H groups in total. The van der Waals surface area contributed by atoms with Crippen molar-refractivity contribution in [3.8, 4) is 0 Å². The second kappa shape index (κ2) is 5.21. The van der Waals surface area contributed by atoms with Crippen molar-refractivity contribution in [1.82, 2.24) is 9.80 Å². The van der Waals surface area contributed by atoms with Crippen LogP contribution in [0.15, 0.2) is 11.6 Å². The minimum Gasteiger partial charge on any atom is -0.430 e. The zero-order valence-corrected chi connectivity index (χ0v) is 14.2. The monoisotopic (exact) mass is 342 g/mol. The number of fused-ring (bicyclic) bond motifs is 3. The van der Waals surface area contributed by atoms with E-state index in [0.29, 0.717) is 6.54 Å². The summed E-state index contributed by atoms with van der Waals surface area (Å²) in [6.45, 7) is 5.49. The third-order valence-electron chi connectivity index (χ3n) is 4.61. The van der Waals surface area contributed by atoms with E-state index in [1.165, 1.54) is 18.9 Å². The Bertz CT molecular complexity index is 619. The van der Waals surface area contributed by atoms with Crippen molar-refractivity contribution in [2.45, 2.75) is 44.1 Å². The summed E-state index contributed by atoms with van der Waals surface area (Å²) in [7, 11) is 1.43. The van der Waals surface area contributed by atoms with Crippen LogP contribution in [0, 0.1) is 5.92 Å². The summed E-state index contributed by atoms with van der Waals surface area (Å²) >= 11 is 5.75. The first-order chi connectivity index (χ1) is 10.7. The molecule has 5 atom stereocenters. The maximum atomic E-state index is 12.5. The van der Waals surface area contributed by atoms with Crippen molar-refractivity contribution in [2.24, 2.45) is 5.92 Å². The fraction of sp³-hybridized carbons (Fsp3) is 0.667. The van der Waals surface area contributed by atoms with Crippen LogP contribution in [0.25, 0.3) is 0 Å². The van der Waals surface area contributed by atoms with Crippen LogP contribution in [-0.4, -0.2) is 64.6 Å². The third kappa shape index (κ3) is 2.33. The number of ether oxygens (including phenoxy) is 2. The van der Waals surface area contributed by atoms with Crippen LogP contribution in [-0.2, 0) is 19.1 Å². The number of likely N-dealkylation sites (tertiary alicyclic amines) is 1. The van der Waals surface area contributed by atoms with Gasteiger partial charge in [-0.15, -0.1) is 0 Å². The SMILES string of the molecule is CC1=C[C@]2(C)O[C@@H]3C(=O)N(C)C(=O)[C@@H]3[C@@H]2N(C(=O)OC(C)Cl)C1. The Morgan fingerprint density at radius 1 is 1.48 bits per heavy atom. The third-order valence-corrected chi connectivity index (χ3v) is 4.70. The van der Waals surface area contributed by atoms with Gasteiger partial charge in [-0.2, -0.15) is 0 Å². The van der Waals surface area contributed by atoms with Crippen LogP contribution >= 0.6 is 11.6 Å². The van der Waals surface area contributed by atoms with Gasteiger partial charge in [-0.3, -0.25) is 19.4 Å². The van der Waals surface area contributed by atoms with Gasteiger partial charge in [0.15, 0.2) is 11.7 Å². The molecule has 3 aliphatic heterocycles. The summed E-state index contributed by atoms with van der Waals surface area (Å²) in [6, 6.07) is -0.597. The highest BCUT2D eigenvalue weighted by molar-refractivity contribution is 6.19. The molecule has 3 amide bonds. The van der Waals surface area contributed by atoms with E-state index in [0.717, 1.165) is 10.5 Å². The average Bonchev–Trinajstić information content (AvgIpc) is 2.84. The second-order valence-electron chi connectivity index (χ2n) is 6.47. The van der Waals surface area contributed by atoms with E-state index >= 15 is 0 Å². The zero-order valence-electron chi connectivity index (χ0n) is 13.4. The number of alkyl halides is 1. The van der Waals surface area contributed by atoms with Gasteiger partial charge in [0.05, 0.1) is 12.0 Å². The smallest absolute Gasteiger partial charge is 0.411 e. The lowest BCUT2D eigenvalue weighted by atomic mass is 9.82. The molecular formula is C15H19ClN2O5. The van der Waals surface area contributed by atoms with Gasteiger partial charge in [-0.05, 0) is 20.8 Å². The molecule has 7 nitrogen and oxygen atoms in total. The summed E-state index contributed by atoms with van der Waals surface area (Å²) in [5.41, 5.74) is -0.795. The van der Waals surface area contributed by atoms with Crippen LogP contribution in [0.5, 0.6) is 0 Å². The fourth-order valence-corrected chi connectivity index (χ4v) is 3.92. The topological polar surface area (TPSA) is 76.2 Å². The number of likely N-dealkylation sites (N-methyl/N-ethyl adjacent to an activating group) is 1. The predicted molar refractivity (Wildman–Crippen MR) is 80.6 cm³/mol. The van der Waals surface area contributed by atoms with Crippen LogP contribution in [0.4, 0.5) is 4.79 Å². The Hall–Kier alpha value is -1.60. The summed E-state index contributed by atoms with van der Waals surface area (Å²) in [6.07, 6.45) is 0.397. The standard InChI is InChI=1S/C15H19ClN2O5/c1-7-5-15(3)11(18(6-7)14(21)22-8(2)16)9-10(23-15)13(20)17(4)12(9)19/h5,8-11H,6H2,1-4H3/t8?,9-,10-,11-,15-/m0/s1. The molecule has 0 radical (unpaired) electrons. The molecule has 0 aromatic carbocycles. The molecule has 3 heterocycles. The summed E-state index contributed by atoms with van der Waals surface area (Å²) in [5, 5.41) is 0. The molecule has 2 fully saturated rings. The number of carbonyl (C=O) groups excluding carboxylic acids is 3. The van der Waals surface area contributed by atoms with Crippen molar-refractivity contribution >= 4 is 29.5 Å². The molecule has 3 aliphatic rings. The quantitative estimate of drug-likeness (QED) is 0.405. The van der Waals surface area contributed by atoms with Crippen LogP contribution in [0.2, 0.25) is 0 Å². The van der Waals surface area contributed by atoms with E-state index in [9.17, 15) is 14.4 Å². The summed E-state index contributed by atoms with van der Waals surface area (Å²) in [4.78, 5) is 39.6. The van der Waals surface area contributed by atoms with E-state index < -0.39 is 35.3 Å². The highest BCUT2D eigenvalue weighted by Gasteiger charge is 2.65. The molecule has 0 saturated carbocycles. The van der Waals surface area contributed by atoms with E-state index in [2.05, 4.69) is 0 Å². The number of hydrogen-bond acceptors (Lipinski definition) is 5. The van der Waals surface area contributed by atoms with Gasteiger partial charge < -0.3 is 9.47 Å². The Labute approximate surface area is 139 Å². The molecule has 1 unspecified atom stereocenters. The van der Waals surface area contributed by atoms with Crippen LogP contribution in [0.3, 0.4) is 0 Å². The largest absolute Gasteiger partial charge is 0.430 e. The number of halogens is 1. The average molecular weight is 343 g/mol. The van der Waals surface area contributed by atoms with E-state index in [1.54, 1.807) is 6.92 Å². The predicted octanol–water partition coefficient (Wildman–Crippen LogP) is 1.11. The molecule has 3 rings (SSSR count). The van der Waals surface area contributed by atoms with E-state index in [4.69, 9.17) is 21.1 Å². The number of imide groups is 1. The molecule has 0 aromatic rings. The molecule has 23 heavy (non-hydrogen) atoms. The molecule has 0 spiro atoms. The van der Waals surface area contributed by atoms with Gasteiger partial charge in [0.1, 0.15) is 5.60 Å². The highest BCUT2D eigenvalue weighted by atomic mass is 35.5. The molecular weight excluding hydrogens is 324 g/mol. The van der Waals surface area contributed by atoms with Gasteiger partial charge in [0.25, 0.3) is 5.91 Å². The van der Waals surface area contributed by atoms with Gasteiger partial charge in [-0.1, -0.05) is 23.3 Å². The van der Waals surface area contributed by atoms with Gasteiger partial charge in [-0.25, -0.2) is 4.79 Å². The number of amides is 3. The second-order valence-corrected chi connectivity index (χ2v) is 7.09. The van der Waals surface area contributed by atoms with E-state index in [-0.39, 0.29) is 11.8 Å². The first-order valence-electron chi connectivity index (χ1n) is 7.44. The van der Waals surface area contributed by atoms with Crippen molar-refractivity contribution in [3.05, 3.63) is 11.6 Å². The molecule has 8 heteroatoms. The zero-order chi connectivity index (χ0) is 17.1. The molecule has 2 saturated heterocycles. The summed E-state index contributed by atoms with van der Waals surface area (Å²) < 4.78 is 11.0. The number of hydrogen-bond donors (Lipinski definition) is 0. The first kappa shape index (κ1) is 16.3. The minimum absolute atomic E-state index is 0.306. The fourth-order valence-electron chi connectivity index (χ4n) is 3.84. The number of rotatable bonds is 1. The van der Waals surface area contributed by atoms with Crippen molar-refractivity contribution in [1.29, 1.82) is 0 Å². The number of nitrogens with zero attached hydrogens (tertiary/aromatic N) is 2.